The monoisotopic (exact) mass is 494 g/mol. The van der Waals surface area contributed by atoms with Crippen molar-refractivity contribution in [3.05, 3.63) is 65.2 Å². The Labute approximate surface area is 206 Å². The van der Waals surface area contributed by atoms with E-state index < -0.39 is 10.0 Å². The largest absolute Gasteiger partial charge is 0.378 e. The van der Waals surface area contributed by atoms with Crippen molar-refractivity contribution in [3.8, 4) is 0 Å². The van der Waals surface area contributed by atoms with Crippen molar-refractivity contribution in [1.82, 2.24) is 14.2 Å². The van der Waals surface area contributed by atoms with E-state index in [4.69, 9.17) is 9.72 Å². The van der Waals surface area contributed by atoms with Gasteiger partial charge in [0.1, 0.15) is 5.82 Å². The normalized spacial score (nSPS) is 17.7. The number of ether oxygens (including phenoxy) is 1. The summed E-state index contributed by atoms with van der Waals surface area (Å²) >= 11 is 0. The number of fused-ring (bicyclic) bond motifs is 1. The highest BCUT2D eigenvalue weighted by Gasteiger charge is 2.31. The van der Waals surface area contributed by atoms with Crippen LogP contribution in [0.5, 0.6) is 0 Å². The van der Waals surface area contributed by atoms with Gasteiger partial charge >= 0.3 is 0 Å². The summed E-state index contributed by atoms with van der Waals surface area (Å²) in [5.74, 6) is 0.674. The molecule has 5 rings (SSSR count). The number of anilines is 1. The van der Waals surface area contributed by atoms with E-state index in [1.807, 2.05) is 61.2 Å². The maximum absolute atomic E-state index is 13.4. The van der Waals surface area contributed by atoms with Crippen molar-refractivity contribution in [2.24, 2.45) is 0 Å². The molecule has 35 heavy (non-hydrogen) atoms. The Kier molecular flexibility index (Phi) is 6.48. The molecule has 0 radical (unpaired) electrons. The maximum atomic E-state index is 13.4. The zero-order valence-corrected chi connectivity index (χ0v) is 20.9. The van der Waals surface area contributed by atoms with Crippen LogP contribution in [0.15, 0.2) is 53.4 Å². The second kappa shape index (κ2) is 9.56. The lowest BCUT2D eigenvalue weighted by Gasteiger charge is -2.35. The highest BCUT2D eigenvalue weighted by Crippen LogP contribution is 2.27. The molecule has 0 bridgehead atoms. The van der Waals surface area contributed by atoms with Gasteiger partial charge in [0.15, 0.2) is 0 Å². The molecule has 2 aliphatic heterocycles. The standard InChI is InChI=1S/C26H30N4O4S/c1-19-7-8-20(2)24(17-19)35(32,33)30-11-9-28(10-12-30)25-18-22(21-5-3-4-6-23(21)27-25)26(31)29-13-15-34-16-14-29/h3-8,17-18H,9-16H2,1-2H3. The summed E-state index contributed by atoms with van der Waals surface area (Å²) in [6, 6.07) is 15.0. The van der Waals surface area contributed by atoms with E-state index in [9.17, 15) is 13.2 Å². The minimum atomic E-state index is -3.58. The van der Waals surface area contributed by atoms with Crippen LogP contribution < -0.4 is 4.90 Å². The summed E-state index contributed by atoms with van der Waals surface area (Å²) in [7, 11) is -3.58. The molecular weight excluding hydrogens is 464 g/mol. The second-order valence-electron chi connectivity index (χ2n) is 9.11. The first-order valence-electron chi connectivity index (χ1n) is 11.9. The van der Waals surface area contributed by atoms with Crippen molar-refractivity contribution in [3.63, 3.8) is 0 Å². The van der Waals surface area contributed by atoms with Crippen molar-refractivity contribution in [1.29, 1.82) is 0 Å². The Morgan fingerprint density at radius 3 is 2.37 bits per heavy atom. The van der Waals surface area contributed by atoms with Gasteiger partial charge in [-0.15, -0.1) is 0 Å². The highest BCUT2D eigenvalue weighted by atomic mass is 32.2. The average Bonchev–Trinajstić information content (AvgIpc) is 2.89. The first kappa shape index (κ1) is 23.7. The maximum Gasteiger partial charge on any atom is 0.254 e. The van der Waals surface area contributed by atoms with Gasteiger partial charge in [-0.05, 0) is 43.2 Å². The fraction of sp³-hybridized carbons (Fsp3) is 0.385. The topological polar surface area (TPSA) is 83.1 Å². The predicted molar refractivity (Wildman–Crippen MR) is 135 cm³/mol. The van der Waals surface area contributed by atoms with Gasteiger partial charge in [-0.2, -0.15) is 4.31 Å². The molecule has 3 heterocycles. The number of benzene rings is 2. The molecule has 184 valence electrons. The number of aromatic nitrogens is 1. The number of sulfonamides is 1. The van der Waals surface area contributed by atoms with Gasteiger partial charge in [0, 0.05) is 44.7 Å². The SMILES string of the molecule is Cc1ccc(C)c(S(=O)(=O)N2CCN(c3cc(C(=O)N4CCOCC4)c4ccccc4n3)CC2)c1. The quantitative estimate of drug-likeness (QED) is 0.555. The Bertz CT molecular complexity index is 1360. The molecular formula is C26H30N4O4S. The number of rotatable bonds is 4. The van der Waals surface area contributed by atoms with Gasteiger partial charge < -0.3 is 14.5 Å². The van der Waals surface area contributed by atoms with E-state index in [-0.39, 0.29) is 5.91 Å². The lowest BCUT2D eigenvalue weighted by molar-refractivity contribution is 0.0304. The predicted octanol–water partition coefficient (Wildman–Crippen LogP) is 2.83. The van der Waals surface area contributed by atoms with Crippen LogP contribution in [0.2, 0.25) is 0 Å². The van der Waals surface area contributed by atoms with Crippen LogP contribution in [0, 0.1) is 13.8 Å². The van der Waals surface area contributed by atoms with Gasteiger partial charge in [0.2, 0.25) is 10.0 Å². The third-order valence-corrected chi connectivity index (χ3v) is 8.80. The zero-order valence-electron chi connectivity index (χ0n) is 20.1. The molecule has 3 aromatic rings. The highest BCUT2D eigenvalue weighted by molar-refractivity contribution is 7.89. The molecule has 8 nitrogen and oxygen atoms in total. The summed E-state index contributed by atoms with van der Waals surface area (Å²) in [4.78, 5) is 22.5. The lowest BCUT2D eigenvalue weighted by atomic mass is 10.1. The smallest absolute Gasteiger partial charge is 0.254 e. The molecule has 2 saturated heterocycles. The molecule has 2 aromatic carbocycles. The number of piperazine rings is 1. The Morgan fingerprint density at radius 1 is 0.914 bits per heavy atom. The summed E-state index contributed by atoms with van der Waals surface area (Å²) in [6.45, 7) is 7.66. The number of para-hydroxylation sites is 1. The summed E-state index contributed by atoms with van der Waals surface area (Å²) in [6.07, 6.45) is 0. The number of carbonyl (C=O) groups excluding carboxylic acids is 1. The fourth-order valence-electron chi connectivity index (χ4n) is 4.72. The molecule has 0 aliphatic carbocycles. The summed E-state index contributed by atoms with van der Waals surface area (Å²) in [5, 5.41) is 0.823. The Hall–Kier alpha value is -3.01. The average molecular weight is 495 g/mol. The van der Waals surface area contributed by atoms with E-state index in [1.165, 1.54) is 0 Å². The first-order valence-corrected chi connectivity index (χ1v) is 13.4. The van der Waals surface area contributed by atoms with Gasteiger partial charge in [-0.3, -0.25) is 4.79 Å². The molecule has 0 N–H and O–H groups in total. The minimum absolute atomic E-state index is 0.0238. The van der Waals surface area contributed by atoms with Crippen molar-refractivity contribution >= 4 is 32.7 Å². The molecule has 1 aromatic heterocycles. The van der Waals surface area contributed by atoms with Gasteiger partial charge in [-0.25, -0.2) is 13.4 Å². The minimum Gasteiger partial charge on any atom is -0.378 e. The molecule has 1 amide bonds. The first-order chi connectivity index (χ1) is 16.8. The Morgan fingerprint density at radius 2 is 1.63 bits per heavy atom. The number of morpholine rings is 1. The van der Waals surface area contributed by atoms with Crippen molar-refractivity contribution in [2.75, 3.05) is 57.4 Å². The van der Waals surface area contributed by atoms with Crippen LogP contribution in [-0.4, -0.2) is 81.0 Å². The zero-order chi connectivity index (χ0) is 24.6. The summed E-state index contributed by atoms with van der Waals surface area (Å²) < 4.78 is 33.6. The number of nitrogens with zero attached hydrogens (tertiary/aromatic N) is 4. The summed E-state index contributed by atoms with van der Waals surface area (Å²) in [5.41, 5.74) is 3.05. The molecule has 2 aliphatic rings. The third-order valence-electron chi connectivity index (χ3n) is 6.76. The number of pyridine rings is 1. The van der Waals surface area contributed by atoms with Crippen LogP contribution in [0.1, 0.15) is 21.5 Å². The van der Waals surface area contributed by atoms with Crippen LogP contribution in [0.4, 0.5) is 5.82 Å². The van der Waals surface area contributed by atoms with E-state index in [1.54, 1.807) is 10.4 Å². The van der Waals surface area contributed by atoms with Crippen LogP contribution in [0.25, 0.3) is 10.9 Å². The lowest BCUT2D eigenvalue weighted by Crippen LogP contribution is -2.49. The molecule has 2 fully saturated rings. The van der Waals surface area contributed by atoms with Crippen LogP contribution >= 0.6 is 0 Å². The van der Waals surface area contributed by atoms with Gasteiger partial charge in [0.25, 0.3) is 5.91 Å². The fourth-order valence-corrected chi connectivity index (χ4v) is 6.45. The van der Waals surface area contributed by atoms with Gasteiger partial charge in [0.05, 0.1) is 29.2 Å². The van der Waals surface area contributed by atoms with Gasteiger partial charge in [-0.1, -0.05) is 30.3 Å². The van der Waals surface area contributed by atoms with E-state index in [2.05, 4.69) is 4.90 Å². The van der Waals surface area contributed by atoms with E-state index in [0.29, 0.717) is 68.8 Å². The second-order valence-corrected chi connectivity index (χ2v) is 11.0. The number of aryl methyl sites for hydroxylation is 2. The third kappa shape index (κ3) is 4.63. The number of amides is 1. The molecule has 0 saturated carbocycles. The van der Waals surface area contributed by atoms with Crippen LogP contribution in [-0.2, 0) is 14.8 Å². The number of carbonyl (C=O) groups is 1. The van der Waals surface area contributed by atoms with Crippen molar-refractivity contribution < 1.29 is 17.9 Å². The molecule has 0 atom stereocenters. The van der Waals surface area contributed by atoms with E-state index in [0.717, 1.165) is 22.0 Å². The number of hydrogen-bond donors (Lipinski definition) is 0. The number of hydrogen-bond acceptors (Lipinski definition) is 6. The molecule has 0 unspecified atom stereocenters. The van der Waals surface area contributed by atoms with Crippen molar-refractivity contribution in [2.45, 2.75) is 18.7 Å². The Balaban J connectivity index is 1.40. The van der Waals surface area contributed by atoms with E-state index >= 15 is 0 Å². The molecule has 0 spiro atoms. The van der Waals surface area contributed by atoms with Crippen LogP contribution in [0.3, 0.4) is 0 Å². The molecule has 9 heteroatoms.